The van der Waals surface area contributed by atoms with E-state index in [1.165, 1.54) is 13.8 Å². The van der Waals surface area contributed by atoms with Gasteiger partial charge in [0.2, 0.25) is 13.6 Å². The summed E-state index contributed by atoms with van der Waals surface area (Å²) in [5, 5.41) is 50.3. The van der Waals surface area contributed by atoms with Crippen LogP contribution in [0.4, 0.5) is 0 Å². The molecule has 6 unspecified atom stereocenters. The lowest BCUT2D eigenvalue weighted by Gasteiger charge is -2.27. The Morgan fingerprint density at radius 1 is 0.745 bits per heavy atom. The molecule has 55 heavy (non-hydrogen) atoms. The largest absolute Gasteiger partial charge is 0.438 e. The maximum Gasteiger partial charge on any atom is 0.338 e. The summed E-state index contributed by atoms with van der Waals surface area (Å²) in [5.74, 6) is -1.08. The lowest BCUT2D eigenvalue weighted by molar-refractivity contribution is -0.162. The van der Waals surface area contributed by atoms with Gasteiger partial charge in [0.25, 0.3) is 11.1 Å². The van der Waals surface area contributed by atoms with Crippen molar-refractivity contribution in [1.82, 2.24) is 19.1 Å². The topological polar surface area (TPSA) is 310 Å². The molecule has 7 N–H and O–H groups in total. The minimum Gasteiger partial charge on any atom is -0.438 e. The Labute approximate surface area is 314 Å². The normalized spacial score (nSPS) is 28.1. The molecule has 2 saturated heterocycles. The summed E-state index contributed by atoms with van der Waals surface area (Å²) in [5.41, 5.74) is -8.08. The number of aliphatic hydroxyl groups is 5. The average Bonchev–Trinajstić information content (AvgIpc) is 3.44. The van der Waals surface area contributed by atoms with Crippen molar-refractivity contribution in [2.45, 2.75) is 103 Å². The minimum absolute atomic E-state index is 0.391. The molecule has 0 radical (unpaired) electrons. The highest BCUT2D eigenvalue weighted by Crippen LogP contribution is 2.43. The van der Waals surface area contributed by atoms with Gasteiger partial charge in [-0.15, -0.1) is 0 Å². The molecule has 0 bridgehead atoms. The average molecular weight is 809 g/mol. The Balaban J connectivity index is 0.000000374. The second-order valence-electron chi connectivity index (χ2n) is 15.0. The van der Waals surface area contributed by atoms with Crippen LogP contribution in [0, 0.1) is 10.8 Å². The van der Waals surface area contributed by atoms with Crippen molar-refractivity contribution >= 4 is 20.5 Å². The van der Waals surface area contributed by atoms with Crippen molar-refractivity contribution < 1.29 is 67.6 Å². The fourth-order valence-electron chi connectivity index (χ4n) is 4.92. The van der Waals surface area contributed by atoms with E-state index in [9.17, 15) is 49.2 Å². The number of hydrogen-bond acceptors (Lipinski definition) is 18. The van der Waals surface area contributed by atoms with Gasteiger partial charge in [-0.05, 0) is 55.4 Å². The van der Waals surface area contributed by atoms with E-state index in [0.717, 1.165) is 33.7 Å². The van der Waals surface area contributed by atoms with Gasteiger partial charge in [0.05, 0.1) is 24.0 Å². The van der Waals surface area contributed by atoms with Crippen molar-refractivity contribution in [3.8, 4) is 0 Å². The van der Waals surface area contributed by atoms with Crippen LogP contribution >= 0.6 is 8.60 Å². The molecule has 0 spiro atoms. The van der Waals surface area contributed by atoms with Gasteiger partial charge in [-0.1, -0.05) is 0 Å². The first-order chi connectivity index (χ1) is 25.3. The molecule has 2 aromatic heterocycles. The van der Waals surface area contributed by atoms with Crippen LogP contribution in [-0.2, 0) is 42.1 Å². The highest BCUT2D eigenvalue weighted by Gasteiger charge is 2.54. The van der Waals surface area contributed by atoms with Crippen LogP contribution < -0.4 is 22.5 Å². The van der Waals surface area contributed by atoms with Crippen LogP contribution in [-0.4, -0.2) is 119 Å². The van der Waals surface area contributed by atoms with E-state index >= 15 is 0 Å². The molecule has 2 aliphatic heterocycles. The third-order valence-corrected chi connectivity index (χ3v) is 9.15. The third kappa shape index (κ3) is 11.4. The first-order valence-electron chi connectivity index (χ1n) is 16.7. The van der Waals surface area contributed by atoms with E-state index in [0.29, 0.717) is 0 Å². The molecular formula is C32H49N4O18P. The summed E-state index contributed by atoms with van der Waals surface area (Å²) in [4.78, 5) is 74.1. The van der Waals surface area contributed by atoms with Crippen LogP contribution in [0.3, 0.4) is 0 Å². The zero-order valence-corrected chi connectivity index (χ0v) is 32.4. The summed E-state index contributed by atoms with van der Waals surface area (Å²) < 4.78 is 39.1. The Hall–Kier alpha value is -3.67. The van der Waals surface area contributed by atoms with Gasteiger partial charge in [0.1, 0.15) is 35.6 Å². The van der Waals surface area contributed by atoms with Gasteiger partial charge in [-0.2, -0.15) is 0 Å². The number of aromatic amines is 2. The summed E-state index contributed by atoms with van der Waals surface area (Å²) >= 11 is 0. The van der Waals surface area contributed by atoms with Crippen molar-refractivity contribution in [3.05, 3.63) is 66.2 Å². The van der Waals surface area contributed by atoms with Crippen molar-refractivity contribution in [1.29, 1.82) is 0 Å². The standard InChI is InChI=1S/C22H35N2O12P.C10H14N2O6/c1-20(2,3)17(27)31-11-34-37(35-12-32-18(28)21(4,5)6)33-10-13-15(26)22(7,30)16(36-13)24-9-8-14(25)23-19(24)29;1-10(17)7(15)5(4-13)18-8(10)12-3-2-6(14)11-9(12)16/h8-9,13,15-16,26,30H,10-12H2,1-7H3,(H,23,25,29);2-3,5,7-8,13,15,17H,4H2,1H3,(H,11,14,16)/t13?,15-,16?,22?;5?,7-,8?,10?/m00/s1. The van der Waals surface area contributed by atoms with Crippen molar-refractivity contribution in [2.24, 2.45) is 10.8 Å². The molecule has 4 rings (SSSR count). The molecule has 0 aromatic carbocycles. The molecular weight excluding hydrogens is 759 g/mol. The summed E-state index contributed by atoms with van der Waals surface area (Å²) in [6.45, 7) is 10.5. The zero-order valence-electron chi connectivity index (χ0n) is 31.5. The van der Waals surface area contributed by atoms with Gasteiger partial charge in [0, 0.05) is 24.5 Å². The van der Waals surface area contributed by atoms with Gasteiger partial charge in [0.15, 0.2) is 12.5 Å². The molecule has 310 valence electrons. The van der Waals surface area contributed by atoms with Crippen molar-refractivity contribution in [3.63, 3.8) is 0 Å². The second-order valence-corrected chi connectivity index (χ2v) is 16.2. The first kappa shape index (κ1) is 45.7. The second kappa shape index (κ2) is 18.1. The molecule has 2 aromatic rings. The van der Waals surface area contributed by atoms with Crippen molar-refractivity contribution in [2.75, 3.05) is 26.8 Å². The number of esters is 2. The predicted octanol–water partition coefficient (Wildman–Crippen LogP) is -1.55. The number of aromatic nitrogens is 4. The highest BCUT2D eigenvalue weighted by atomic mass is 31.2. The van der Waals surface area contributed by atoms with Crippen LogP contribution in [0.5, 0.6) is 0 Å². The first-order valence-corrected chi connectivity index (χ1v) is 17.8. The van der Waals surface area contributed by atoms with E-state index in [1.54, 1.807) is 41.5 Å². The lowest BCUT2D eigenvalue weighted by atomic mass is 9.96. The zero-order chi connectivity index (χ0) is 41.7. The molecule has 0 saturated carbocycles. The molecule has 23 heteroatoms. The number of aliphatic hydroxyl groups excluding tert-OH is 3. The fraction of sp³-hybridized carbons (Fsp3) is 0.688. The number of ether oxygens (including phenoxy) is 4. The number of rotatable bonds is 12. The van der Waals surface area contributed by atoms with E-state index in [1.807, 2.05) is 9.97 Å². The van der Waals surface area contributed by atoms with Crippen LogP contribution in [0.1, 0.15) is 67.8 Å². The minimum atomic E-state index is -2.28. The number of H-pyrrole nitrogens is 2. The number of carbonyl (C=O) groups excluding carboxylic acids is 2. The number of nitrogens with zero attached hydrogens (tertiary/aromatic N) is 2. The van der Waals surface area contributed by atoms with E-state index in [2.05, 4.69) is 0 Å². The van der Waals surface area contributed by atoms with Gasteiger partial charge in [-0.25, -0.2) is 9.59 Å². The molecule has 2 aliphatic rings. The molecule has 4 heterocycles. The summed E-state index contributed by atoms with van der Waals surface area (Å²) in [6, 6.07) is 2.16. The van der Waals surface area contributed by atoms with Gasteiger partial charge >= 0.3 is 31.9 Å². The Bertz CT molecular complexity index is 1830. The Morgan fingerprint density at radius 2 is 1.13 bits per heavy atom. The Kier molecular flexibility index (Phi) is 15.0. The number of hydrogen-bond donors (Lipinski definition) is 7. The lowest BCUT2D eigenvalue weighted by Crippen LogP contribution is -2.46. The van der Waals surface area contributed by atoms with E-state index in [4.69, 9.17) is 37.6 Å². The molecule has 0 amide bonds. The molecule has 8 atom stereocenters. The number of carbonyl (C=O) groups is 2. The van der Waals surface area contributed by atoms with Crippen LogP contribution in [0.25, 0.3) is 0 Å². The maximum atomic E-state index is 12.2. The highest BCUT2D eigenvalue weighted by molar-refractivity contribution is 7.41. The monoisotopic (exact) mass is 808 g/mol. The maximum absolute atomic E-state index is 12.2. The summed E-state index contributed by atoms with van der Waals surface area (Å²) in [6.07, 6.45) is -5.27. The summed E-state index contributed by atoms with van der Waals surface area (Å²) in [7, 11) is -2.28. The van der Waals surface area contributed by atoms with Crippen LogP contribution in [0.15, 0.2) is 43.7 Å². The van der Waals surface area contributed by atoms with E-state index in [-0.39, 0.29) is 0 Å². The molecule has 2 fully saturated rings. The number of nitrogens with one attached hydrogen (secondary N) is 2. The van der Waals surface area contributed by atoms with Gasteiger partial charge in [-0.3, -0.25) is 47.3 Å². The quantitative estimate of drug-likeness (QED) is 0.0725. The molecule has 0 aliphatic carbocycles. The fourth-order valence-corrected chi connectivity index (χ4v) is 5.69. The molecule has 22 nitrogen and oxygen atoms in total. The van der Waals surface area contributed by atoms with Crippen LogP contribution in [0.2, 0.25) is 0 Å². The predicted molar refractivity (Wildman–Crippen MR) is 187 cm³/mol. The van der Waals surface area contributed by atoms with E-state index < -0.39 is 129 Å². The third-order valence-electron chi connectivity index (χ3n) is 8.16. The smallest absolute Gasteiger partial charge is 0.338 e. The van der Waals surface area contributed by atoms with Gasteiger partial charge < -0.3 is 49.0 Å². The SMILES string of the molecule is CC(C)(C)C(=O)OCOP(OCOC(=O)C(C)(C)C)OCC1OC(n2ccc(=O)[nH]c2=O)C(C)(O)[C@H]1O.CC1(O)C(n2ccc(=O)[nH]c2=O)OC(CO)[C@@H]1O. The Morgan fingerprint density at radius 3 is 1.47 bits per heavy atom.